The van der Waals surface area contributed by atoms with E-state index in [2.05, 4.69) is 19.9 Å². The van der Waals surface area contributed by atoms with Crippen molar-refractivity contribution in [1.82, 2.24) is 15.0 Å². The van der Waals surface area contributed by atoms with E-state index in [0.29, 0.717) is 11.3 Å². The maximum absolute atomic E-state index is 12.5. The predicted molar refractivity (Wildman–Crippen MR) is 101 cm³/mol. The van der Waals surface area contributed by atoms with Crippen molar-refractivity contribution in [2.75, 3.05) is 0 Å². The van der Waals surface area contributed by atoms with Crippen LogP contribution in [0.4, 0.5) is 0 Å². The summed E-state index contributed by atoms with van der Waals surface area (Å²) in [6, 6.07) is 10.6. The highest BCUT2D eigenvalue weighted by Crippen LogP contribution is 2.18. The second kappa shape index (κ2) is 7.20. The molecule has 0 aliphatic carbocycles. The van der Waals surface area contributed by atoms with E-state index in [-0.39, 0.29) is 11.7 Å². The van der Waals surface area contributed by atoms with Crippen LogP contribution < -0.4 is 11.3 Å². The van der Waals surface area contributed by atoms with Gasteiger partial charge in [0.05, 0.1) is 0 Å². The van der Waals surface area contributed by atoms with E-state index in [1.807, 2.05) is 19.1 Å². The maximum atomic E-state index is 12.5. The average molecular weight is 363 g/mol. The lowest BCUT2D eigenvalue weighted by Crippen LogP contribution is -2.19. The topological polar surface area (TPSA) is 134 Å². The van der Waals surface area contributed by atoms with Crippen LogP contribution in [0.15, 0.2) is 52.4 Å². The minimum Gasteiger partial charge on any atom is -0.501 e. The number of aromatic amines is 1. The number of rotatable bonds is 3. The number of carbonyl (C=O) groups is 1. The van der Waals surface area contributed by atoms with Gasteiger partial charge in [-0.25, -0.2) is 4.98 Å². The molecular weight excluding hydrogens is 346 g/mol. The van der Waals surface area contributed by atoms with E-state index >= 15 is 0 Å². The molecule has 3 aromatic rings. The molecule has 136 valence electrons. The highest BCUT2D eigenvalue weighted by atomic mass is 16.3. The van der Waals surface area contributed by atoms with Crippen LogP contribution in [0.5, 0.6) is 5.75 Å². The van der Waals surface area contributed by atoms with Crippen molar-refractivity contribution < 1.29 is 9.90 Å². The molecule has 3 rings (SSSR count). The summed E-state index contributed by atoms with van der Waals surface area (Å²) in [6.45, 7) is 3.70. The number of carbonyl (C=O) groups excluding carboxylic acids is 1. The molecule has 0 spiro atoms. The number of aromatic hydroxyl groups is 1. The van der Waals surface area contributed by atoms with Gasteiger partial charge >= 0.3 is 5.91 Å². The fourth-order valence-electron chi connectivity index (χ4n) is 2.41. The molecule has 0 aliphatic rings. The number of nitrogens with zero attached hydrogens (tertiary/aromatic N) is 3. The Morgan fingerprint density at radius 3 is 2.56 bits per heavy atom. The monoisotopic (exact) mass is 363 g/mol. The number of pyridine rings is 1. The number of aromatic nitrogens is 3. The van der Waals surface area contributed by atoms with Crippen LogP contribution in [-0.2, 0) is 0 Å². The Hall–Kier alpha value is -3.81. The second-order valence-corrected chi connectivity index (χ2v) is 5.95. The van der Waals surface area contributed by atoms with E-state index in [9.17, 15) is 14.7 Å². The molecule has 0 saturated carbocycles. The van der Waals surface area contributed by atoms with Gasteiger partial charge in [-0.15, -0.1) is 0 Å². The molecule has 2 heterocycles. The number of hydrogen-bond acceptors (Lipinski definition) is 5. The van der Waals surface area contributed by atoms with Gasteiger partial charge in [0.25, 0.3) is 5.56 Å². The molecule has 0 bridgehead atoms. The quantitative estimate of drug-likeness (QED) is 0.479. The standard InChI is InChI=1S/C19H17N5O3/c1-10-5-7-12(8-6-10)16(20)23-18(26)14-15(25)19(27)24-17(22-14)13-11(2)4-3-9-21-13/h3-9,25H,1-2H3,(H2,20,23,26)(H,22,24,27). The number of aryl methyl sites for hydroxylation is 2. The molecule has 1 amide bonds. The lowest BCUT2D eigenvalue weighted by Gasteiger charge is -2.06. The van der Waals surface area contributed by atoms with Crippen LogP contribution in [0.25, 0.3) is 11.5 Å². The third-order valence-electron chi connectivity index (χ3n) is 3.90. The van der Waals surface area contributed by atoms with Gasteiger partial charge in [0.15, 0.2) is 11.5 Å². The summed E-state index contributed by atoms with van der Waals surface area (Å²) < 4.78 is 0. The Morgan fingerprint density at radius 1 is 1.19 bits per heavy atom. The first kappa shape index (κ1) is 18.0. The van der Waals surface area contributed by atoms with E-state index in [4.69, 9.17) is 5.73 Å². The molecule has 1 aromatic carbocycles. The highest BCUT2D eigenvalue weighted by Gasteiger charge is 2.20. The summed E-state index contributed by atoms with van der Waals surface area (Å²) in [6.07, 6.45) is 1.53. The fourth-order valence-corrected chi connectivity index (χ4v) is 2.41. The molecular formula is C19H17N5O3. The molecule has 8 heteroatoms. The van der Waals surface area contributed by atoms with Crippen LogP contribution in [0.3, 0.4) is 0 Å². The number of hydrogen-bond donors (Lipinski definition) is 3. The molecule has 27 heavy (non-hydrogen) atoms. The van der Waals surface area contributed by atoms with Gasteiger partial charge < -0.3 is 15.8 Å². The molecule has 0 atom stereocenters. The van der Waals surface area contributed by atoms with Gasteiger partial charge in [-0.2, -0.15) is 4.99 Å². The van der Waals surface area contributed by atoms with Crippen molar-refractivity contribution in [3.63, 3.8) is 0 Å². The zero-order valence-electron chi connectivity index (χ0n) is 14.7. The molecule has 2 aromatic heterocycles. The highest BCUT2D eigenvalue weighted by molar-refractivity contribution is 6.09. The van der Waals surface area contributed by atoms with Gasteiger partial charge in [0.2, 0.25) is 5.75 Å². The maximum Gasteiger partial charge on any atom is 0.301 e. The van der Waals surface area contributed by atoms with Gasteiger partial charge in [-0.05, 0) is 25.5 Å². The summed E-state index contributed by atoms with van der Waals surface area (Å²) in [5.41, 5.74) is 7.21. The minimum absolute atomic E-state index is 0.0444. The number of H-pyrrole nitrogens is 1. The third-order valence-corrected chi connectivity index (χ3v) is 3.90. The predicted octanol–water partition coefficient (Wildman–Crippen LogP) is 1.70. The molecule has 0 radical (unpaired) electrons. The first-order valence-electron chi connectivity index (χ1n) is 8.07. The van der Waals surface area contributed by atoms with Crippen molar-refractivity contribution in [2.45, 2.75) is 13.8 Å². The summed E-state index contributed by atoms with van der Waals surface area (Å²) in [4.78, 5) is 38.9. The number of aliphatic imine (C=N–C) groups is 1. The van der Waals surface area contributed by atoms with E-state index < -0.39 is 22.9 Å². The van der Waals surface area contributed by atoms with Crippen molar-refractivity contribution in [1.29, 1.82) is 0 Å². The molecule has 4 N–H and O–H groups in total. The van der Waals surface area contributed by atoms with Crippen LogP contribution in [0.2, 0.25) is 0 Å². The number of nitrogens with one attached hydrogen (secondary N) is 1. The first-order valence-corrected chi connectivity index (χ1v) is 8.07. The Labute approximate surface area is 154 Å². The normalized spacial score (nSPS) is 11.4. The first-order chi connectivity index (χ1) is 12.9. The Morgan fingerprint density at radius 2 is 1.89 bits per heavy atom. The van der Waals surface area contributed by atoms with Crippen molar-refractivity contribution in [3.05, 3.63) is 75.3 Å². The SMILES string of the molecule is Cc1ccc(C(N)=NC(=O)c2nc(-c3ncccc3C)[nH]c(=O)c2O)cc1. The van der Waals surface area contributed by atoms with E-state index in [0.717, 1.165) is 11.1 Å². The van der Waals surface area contributed by atoms with Crippen molar-refractivity contribution in [3.8, 4) is 17.3 Å². The van der Waals surface area contributed by atoms with Gasteiger partial charge in [-0.3, -0.25) is 14.6 Å². The number of amidine groups is 1. The zero-order chi connectivity index (χ0) is 19.6. The Kier molecular flexibility index (Phi) is 4.80. The van der Waals surface area contributed by atoms with Crippen LogP contribution in [0, 0.1) is 13.8 Å². The molecule has 0 saturated heterocycles. The van der Waals surface area contributed by atoms with Crippen LogP contribution in [-0.4, -0.2) is 31.8 Å². The van der Waals surface area contributed by atoms with Crippen molar-refractivity contribution >= 4 is 11.7 Å². The summed E-state index contributed by atoms with van der Waals surface area (Å²) in [7, 11) is 0. The summed E-state index contributed by atoms with van der Waals surface area (Å²) in [5, 5.41) is 9.97. The summed E-state index contributed by atoms with van der Waals surface area (Å²) in [5.74, 6) is -1.73. The molecule has 8 nitrogen and oxygen atoms in total. The lowest BCUT2D eigenvalue weighted by atomic mass is 10.1. The molecule has 0 fully saturated rings. The third kappa shape index (κ3) is 3.74. The molecule has 0 unspecified atom stereocenters. The van der Waals surface area contributed by atoms with Crippen LogP contribution >= 0.6 is 0 Å². The zero-order valence-corrected chi connectivity index (χ0v) is 14.7. The lowest BCUT2D eigenvalue weighted by molar-refractivity contribution is 0.0995. The smallest absolute Gasteiger partial charge is 0.301 e. The van der Waals surface area contributed by atoms with Crippen molar-refractivity contribution in [2.24, 2.45) is 10.7 Å². The van der Waals surface area contributed by atoms with Crippen LogP contribution in [0.1, 0.15) is 27.2 Å². The average Bonchev–Trinajstić information content (AvgIpc) is 2.64. The van der Waals surface area contributed by atoms with E-state index in [1.165, 1.54) is 6.20 Å². The van der Waals surface area contributed by atoms with E-state index in [1.54, 1.807) is 31.2 Å². The van der Waals surface area contributed by atoms with Gasteiger partial charge in [-0.1, -0.05) is 35.9 Å². The largest absolute Gasteiger partial charge is 0.501 e. The fraction of sp³-hybridized carbons (Fsp3) is 0.105. The number of nitrogens with two attached hydrogens (primary N) is 1. The minimum atomic E-state index is -0.925. The number of benzene rings is 1. The molecule has 0 aliphatic heterocycles. The number of amides is 1. The second-order valence-electron chi connectivity index (χ2n) is 5.95. The Bertz CT molecular complexity index is 1100. The van der Waals surface area contributed by atoms with Gasteiger partial charge in [0, 0.05) is 11.8 Å². The Balaban J connectivity index is 2.04. The summed E-state index contributed by atoms with van der Waals surface area (Å²) >= 11 is 0. The van der Waals surface area contributed by atoms with Gasteiger partial charge in [0.1, 0.15) is 11.5 Å².